The molecule has 0 spiro atoms. The van der Waals surface area contributed by atoms with Crippen LogP contribution in [0.15, 0.2) is 120 Å². The third kappa shape index (κ3) is 6.86. The first-order valence-corrected chi connectivity index (χ1v) is 18.2. The molecule has 0 bridgehead atoms. The summed E-state index contributed by atoms with van der Waals surface area (Å²) < 4.78 is 51.4. The zero-order valence-electron chi connectivity index (χ0n) is 27.9. The van der Waals surface area contributed by atoms with Gasteiger partial charge in [0, 0.05) is 22.9 Å². The molecule has 1 fully saturated rings. The number of methoxy groups -OCH3 is 1. The van der Waals surface area contributed by atoms with Gasteiger partial charge in [-0.3, -0.25) is 14.5 Å². The molecule has 0 saturated carbocycles. The molecule has 12 heteroatoms. The Labute approximate surface area is 299 Å². The van der Waals surface area contributed by atoms with E-state index in [0.717, 1.165) is 16.2 Å². The number of hydrogen-bond acceptors (Lipinski definition) is 8. The number of halogens is 1. The molecular weight excluding hydrogens is 684 g/mol. The topological polar surface area (TPSA) is 132 Å². The molecule has 2 aliphatic heterocycles. The Hall–Kier alpha value is -6.32. The summed E-state index contributed by atoms with van der Waals surface area (Å²) in [5.74, 6) is -1.39. The van der Waals surface area contributed by atoms with Gasteiger partial charge in [0.05, 0.1) is 35.9 Å². The molecular formula is C40H31FN4O6S. The summed E-state index contributed by atoms with van der Waals surface area (Å²) in [6.45, 7) is 0.196. The first-order chi connectivity index (χ1) is 25.1. The van der Waals surface area contributed by atoms with Gasteiger partial charge in [-0.2, -0.15) is 10.4 Å². The monoisotopic (exact) mass is 714 g/mol. The highest BCUT2D eigenvalue weighted by molar-refractivity contribution is 7.91. The highest BCUT2D eigenvalue weighted by Crippen LogP contribution is 2.39. The van der Waals surface area contributed by atoms with Crippen LogP contribution in [-0.2, 0) is 26.0 Å². The quantitative estimate of drug-likeness (QED) is 0.131. The minimum absolute atomic E-state index is 0.0307. The molecule has 0 aliphatic carbocycles. The van der Waals surface area contributed by atoms with Gasteiger partial charge in [-0.15, -0.1) is 0 Å². The number of imide groups is 1. The Morgan fingerprint density at radius 1 is 0.923 bits per heavy atom. The lowest BCUT2D eigenvalue weighted by molar-refractivity contribution is -0.142. The number of aromatic nitrogens is 2. The van der Waals surface area contributed by atoms with Crippen LogP contribution in [0.1, 0.15) is 23.1 Å². The van der Waals surface area contributed by atoms with Crippen molar-refractivity contribution in [2.24, 2.45) is 0 Å². The zero-order valence-corrected chi connectivity index (χ0v) is 28.7. The first-order valence-electron chi connectivity index (χ1n) is 16.4. The normalized spacial score (nSPS) is 17.8. The number of nitrogens with zero attached hydrogens (tertiary/aromatic N) is 4. The molecule has 0 N–H and O–H groups in total. The molecule has 4 aromatic carbocycles. The number of rotatable bonds is 9. The Morgan fingerprint density at radius 2 is 1.67 bits per heavy atom. The van der Waals surface area contributed by atoms with Gasteiger partial charge in [-0.1, -0.05) is 54.6 Å². The van der Waals surface area contributed by atoms with E-state index in [-0.39, 0.29) is 47.1 Å². The Bertz CT molecular complexity index is 2400. The summed E-state index contributed by atoms with van der Waals surface area (Å²) in [7, 11) is -1.97. The van der Waals surface area contributed by atoms with Crippen LogP contribution in [0, 0.1) is 17.1 Å². The van der Waals surface area contributed by atoms with Crippen LogP contribution in [0.4, 0.5) is 4.39 Å². The maximum atomic E-state index is 14.5. The molecule has 2 amide bonds. The van der Waals surface area contributed by atoms with Crippen molar-refractivity contribution in [1.29, 1.82) is 5.26 Å². The number of carbonyl (C=O) groups excluding carboxylic acids is 2. The van der Waals surface area contributed by atoms with Crippen LogP contribution in [0.2, 0.25) is 0 Å². The minimum atomic E-state index is -3.48. The molecule has 10 nitrogen and oxygen atoms in total. The number of nitriles is 1. The largest absolute Gasteiger partial charge is 0.497 e. The standard InChI is InChI=1S/C40H31FN4O6S/c1-50-33-16-12-27(13-17-33)37-35(39(46)45(40(47)36(37)22-42)32-18-19-52(48,49)25-32)21-29-23-44(31-7-3-2-4-8-31)43-38(29)28-6-5-9-34(20-28)51-24-26-10-14-30(41)15-11-26/h2-17,20-21,23,32H,18-19,24-25H2,1H3/b35-21-. The third-order valence-corrected chi connectivity index (χ3v) is 10.7. The first kappa shape index (κ1) is 34.1. The second-order valence-electron chi connectivity index (χ2n) is 12.3. The van der Waals surface area contributed by atoms with E-state index in [1.54, 1.807) is 71.6 Å². The fourth-order valence-electron chi connectivity index (χ4n) is 6.36. The molecule has 2 aliphatic rings. The summed E-state index contributed by atoms with van der Waals surface area (Å²) in [4.78, 5) is 29.3. The minimum Gasteiger partial charge on any atom is -0.497 e. The number of carbonyl (C=O) groups is 2. The molecule has 7 rings (SSSR count). The summed E-state index contributed by atoms with van der Waals surface area (Å²) in [5.41, 5.74) is 3.41. The van der Waals surface area contributed by atoms with Crippen molar-refractivity contribution in [3.63, 3.8) is 0 Å². The van der Waals surface area contributed by atoms with Crippen LogP contribution in [0.25, 0.3) is 28.6 Å². The van der Waals surface area contributed by atoms with Gasteiger partial charge in [0.1, 0.15) is 41.3 Å². The second-order valence-corrected chi connectivity index (χ2v) is 14.6. The van der Waals surface area contributed by atoms with Crippen LogP contribution >= 0.6 is 0 Å². The zero-order chi connectivity index (χ0) is 36.4. The molecule has 260 valence electrons. The second kappa shape index (κ2) is 14.1. The molecule has 1 atom stereocenters. The molecule has 1 unspecified atom stereocenters. The number of amides is 2. The number of para-hydroxylation sites is 1. The van der Waals surface area contributed by atoms with Crippen molar-refractivity contribution in [2.75, 3.05) is 18.6 Å². The summed E-state index contributed by atoms with van der Waals surface area (Å²) in [5, 5.41) is 15.3. The van der Waals surface area contributed by atoms with E-state index in [1.807, 2.05) is 42.5 Å². The van der Waals surface area contributed by atoms with E-state index in [2.05, 4.69) is 0 Å². The SMILES string of the molecule is COc1ccc(C2=C(C#N)C(=O)N(C3CCS(=O)(=O)C3)C(=O)/C2=C\c2cn(-c3ccccc3)nc2-c2cccc(OCc3ccc(F)cc3)c2)cc1. The maximum absolute atomic E-state index is 14.5. The Morgan fingerprint density at radius 3 is 2.35 bits per heavy atom. The van der Waals surface area contributed by atoms with E-state index < -0.39 is 27.7 Å². The molecule has 0 radical (unpaired) electrons. The number of sulfone groups is 1. The van der Waals surface area contributed by atoms with Crippen LogP contribution in [0.3, 0.4) is 0 Å². The van der Waals surface area contributed by atoms with Crippen molar-refractivity contribution in [1.82, 2.24) is 14.7 Å². The number of ether oxygens (including phenoxy) is 2. The average Bonchev–Trinajstić information content (AvgIpc) is 3.75. The van der Waals surface area contributed by atoms with Crippen molar-refractivity contribution in [3.05, 3.63) is 143 Å². The molecule has 5 aromatic rings. The van der Waals surface area contributed by atoms with Gasteiger partial charge < -0.3 is 9.47 Å². The number of hydrogen-bond donors (Lipinski definition) is 0. The fourth-order valence-corrected chi connectivity index (χ4v) is 8.06. The fraction of sp³-hybridized carbons (Fsp3) is 0.150. The highest BCUT2D eigenvalue weighted by Gasteiger charge is 2.45. The van der Waals surface area contributed by atoms with Crippen molar-refractivity contribution in [2.45, 2.75) is 19.1 Å². The third-order valence-electron chi connectivity index (χ3n) is 8.95. The number of benzene rings is 4. The van der Waals surface area contributed by atoms with Gasteiger partial charge in [0.2, 0.25) is 0 Å². The highest BCUT2D eigenvalue weighted by atomic mass is 32.2. The molecule has 1 saturated heterocycles. The predicted octanol–water partition coefficient (Wildman–Crippen LogP) is 6.18. The van der Waals surface area contributed by atoms with E-state index in [9.17, 15) is 27.7 Å². The molecule has 52 heavy (non-hydrogen) atoms. The maximum Gasteiger partial charge on any atom is 0.272 e. The van der Waals surface area contributed by atoms with Gasteiger partial charge in [-0.05, 0) is 72.2 Å². The molecule has 1 aromatic heterocycles. The average molecular weight is 715 g/mol. The predicted molar refractivity (Wildman–Crippen MR) is 192 cm³/mol. The lowest BCUT2D eigenvalue weighted by atomic mass is 9.86. The Kier molecular flexibility index (Phi) is 9.28. The van der Waals surface area contributed by atoms with E-state index >= 15 is 0 Å². The Balaban J connectivity index is 1.38. The smallest absolute Gasteiger partial charge is 0.272 e. The van der Waals surface area contributed by atoms with Gasteiger partial charge in [0.15, 0.2) is 9.84 Å². The van der Waals surface area contributed by atoms with Crippen molar-refractivity contribution in [3.8, 4) is 34.5 Å². The van der Waals surface area contributed by atoms with Gasteiger partial charge >= 0.3 is 0 Å². The van der Waals surface area contributed by atoms with Crippen LogP contribution in [-0.4, -0.2) is 59.6 Å². The van der Waals surface area contributed by atoms with Crippen LogP contribution in [0.5, 0.6) is 11.5 Å². The summed E-state index contributed by atoms with van der Waals surface area (Å²) >= 11 is 0. The van der Waals surface area contributed by atoms with Gasteiger partial charge in [-0.25, -0.2) is 17.5 Å². The summed E-state index contributed by atoms with van der Waals surface area (Å²) in [6, 6.07) is 30.3. The molecule has 3 heterocycles. The van der Waals surface area contributed by atoms with E-state index in [1.165, 1.54) is 19.2 Å². The van der Waals surface area contributed by atoms with Crippen molar-refractivity contribution < 1.29 is 31.9 Å². The van der Waals surface area contributed by atoms with Crippen LogP contribution < -0.4 is 9.47 Å². The lowest BCUT2D eigenvalue weighted by Crippen LogP contribution is -2.49. The van der Waals surface area contributed by atoms with E-state index in [4.69, 9.17) is 14.6 Å². The lowest BCUT2D eigenvalue weighted by Gasteiger charge is -2.32. The van der Waals surface area contributed by atoms with E-state index in [0.29, 0.717) is 33.9 Å². The summed E-state index contributed by atoms with van der Waals surface area (Å²) in [6.07, 6.45) is 3.41. The van der Waals surface area contributed by atoms with Crippen molar-refractivity contribution >= 4 is 33.3 Å². The van der Waals surface area contributed by atoms with Gasteiger partial charge in [0.25, 0.3) is 11.8 Å².